The highest BCUT2D eigenvalue weighted by molar-refractivity contribution is 5.76. The Labute approximate surface area is 83.7 Å². The van der Waals surface area contributed by atoms with Crippen LogP contribution in [0.25, 0.3) is 6.08 Å². The summed E-state index contributed by atoms with van der Waals surface area (Å²) in [6, 6.07) is 3.93. The number of aryl methyl sites for hydroxylation is 2. The summed E-state index contributed by atoms with van der Waals surface area (Å²) < 4.78 is 0. The monoisotopic (exact) mass is 190 g/mol. The molecule has 0 saturated carbocycles. The fraction of sp³-hybridized carbons (Fsp3) is 0.273. The lowest BCUT2D eigenvalue weighted by molar-refractivity contribution is -0.117. The molecule has 0 fully saturated rings. The Morgan fingerprint density at radius 3 is 2.50 bits per heavy atom. The molecule has 0 saturated heterocycles. The van der Waals surface area contributed by atoms with E-state index in [1.807, 2.05) is 32.1 Å². The largest absolute Gasteiger partial charge is 0.369 e. The SMILES string of the molecule is Cc1cc(C=CCC(N)=O)cc(C)n1. The van der Waals surface area contributed by atoms with Crippen molar-refractivity contribution < 1.29 is 4.79 Å². The van der Waals surface area contributed by atoms with Crippen LogP contribution in [0.2, 0.25) is 0 Å². The van der Waals surface area contributed by atoms with Crippen LogP contribution in [-0.4, -0.2) is 10.9 Å². The zero-order valence-electron chi connectivity index (χ0n) is 8.45. The second-order valence-electron chi connectivity index (χ2n) is 3.26. The van der Waals surface area contributed by atoms with E-state index in [1.165, 1.54) is 0 Å². The molecule has 1 heterocycles. The first-order valence-electron chi connectivity index (χ1n) is 4.48. The molecule has 74 valence electrons. The summed E-state index contributed by atoms with van der Waals surface area (Å²) in [6.07, 6.45) is 3.92. The molecule has 0 radical (unpaired) electrons. The fourth-order valence-corrected chi connectivity index (χ4v) is 1.27. The summed E-state index contributed by atoms with van der Waals surface area (Å²) in [7, 11) is 0. The Bertz CT molecular complexity index is 349. The molecule has 0 unspecified atom stereocenters. The quantitative estimate of drug-likeness (QED) is 0.786. The standard InChI is InChI=1S/C11H14N2O/c1-8-6-10(7-9(2)13-8)4-3-5-11(12)14/h3-4,6-7H,5H2,1-2H3,(H2,12,14). The third-order valence-corrected chi connectivity index (χ3v) is 1.73. The maximum Gasteiger partial charge on any atom is 0.221 e. The van der Waals surface area contributed by atoms with Gasteiger partial charge < -0.3 is 5.73 Å². The number of aromatic nitrogens is 1. The molecule has 0 aromatic carbocycles. The first-order valence-corrected chi connectivity index (χ1v) is 4.48. The van der Waals surface area contributed by atoms with E-state index in [0.717, 1.165) is 17.0 Å². The van der Waals surface area contributed by atoms with Crippen molar-refractivity contribution in [3.63, 3.8) is 0 Å². The molecule has 14 heavy (non-hydrogen) atoms. The number of carbonyl (C=O) groups is 1. The number of carbonyl (C=O) groups excluding carboxylic acids is 1. The number of hydrogen-bond acceptors (Lipinski definition) is 2. The Kier molecular flexibility index (Phi) is 3.40. The van der Waals surface area contributed by atoms with Crippen molar-refractivity contribution in [3.8, 4) is 0 Å². The van der Waals surface area contributed by atoms with Gasteiger partial charge in [0.1, 0.15) is 0 Å². The average Bonchev–Trinajstić information content (AvgIpc) is 2.01. The third kappa shape index (κ3) is 3.39. The second-order valence-corrected chi connectivity index (χ2v) is 3.26. The highest BCUT2D eigenvalue weighted by Gasteiger charge is 1.93. The van der Waals surface area contributed by atoms with Gasteiger partial charge in [-0.15, -0.1) is 0 Å². The van der Waals surface area contributed by atoms with Crippen molar-refractivity contribution in [2.75, 3.05) is 0 Å². The molecular formula is C11H14N2O. The summed E-state index contributed by atoms with van der Waals surface area (Å²) >= 11 is 0. The summed E-state index contributed by atoms with van der Waals surface area (Å²) in [6.45, 7) is 3.89. The molecule has 0 bridgehead atoms. The maximum absolute atomic E-state index is 10.5. The van der Waals surface area contributed by atoms with Crippen LogP contribution in [0.1, 0.15) is 23.4 Å². The molecule has 0 aliphatic carbocycles. The Balaban J connectivity index is 2.76. The number of nitrogens with two attached hydrogens (primary N) is 1. The van der Waals surface area contributed by atoms with Gasteiger partial charge in [-0.2, -0.15) is 0 Å². The molecule has 2 N–H and O–H groups in total. The van der Waals surface area contributed by atoms with Crippen molar-refractivity contribution >= 4 is 12.0 Å². The smallest absolute Gasteiger partial charge is 0.221 e. The number of primary amides is 1. The summed E-state index contributed by atoms with van der Waals surface area (Å²) in [5.41, 5.74) is 8.02. The Morgan fingerprint density at radius 1 is 1.43 bits per heavy atom. The van der Waals surface area contributed by atoms with Crippen molar-refractivity contribution in [1.29, 1.82) is 0 Å². The van der Waals surface area contributed by atoms with Crippen molar-refractivity contribution in [1.82, 2.24) is 4.98 Å². The highest BCUT2D eigenvalue weighted by Crippen LogP contribution is 2.07. The van der Waals surface area contributed by atoms with E-state index in [-0.39, 0.29) is 12.3 Å². The molecule has 0 spiro atoms. The lowest BCUT2D eigenvalue weighted by atomic mass is 10.2. The lowest BCUT2D eigenvalue weighted by Gasteiger charge is -1.98. The van der Waals surface area contributed by atoms with E-state index in [1.54, 1.807) is 6.08 Å². The van der Waals surface area contributed by atoms with Crippen LogP contribution in [0, 0.1) is 13.8 Å². The molecule has 3 nitrogen and oxygen atoms in total. The molecule has 3 heteroatoms. The van der Waals surface area contributed by atoms with Crippen LogP contribution in [-0.2, 0) is 4.79 Å². The van der Waals surface area contributed by atoms with Crippen molar-refractivity contribution in [2.45, 2.75) is 20.3 Å². The molecule has 0 aliphatic heterocycles. The topological polar surface area (TPSA) is 56.0 Å². The zero-order valence-corrected chi connectivity index (χ0v) is 8.45. The predicted octanol–water partition coefficient (Wildman–Crippen LogP) is 1.59. The summed E-state index contributed by atoms with van der Waals surface area (Å²) in [5, 5.41) is 0. The van der Waals surface area contributed by atoms with Gasteiger partial charge in [0.15, 0.2) is 0 Å². The van der Waals surface area contributed by atoms with Gasteiger partial charge in [0.2, 0.25) is 5.91 Å². The van der Waals surface area contributed by atoms with E-state index >= 15 is 0 Å². The number of pyridine rings is 1. The van der Waals surface area contributed by atoms with Gasteiger partial charge in [0.25, 0.3) is 0 Å². The molecule has 1 aromatic rings. The van der Waals surface area contributed by atoms with Gasteiger partial charge in [-0.25, -0.2) is 0 Å². The average molecular weight is 190 g/mol. The zero-order chi connectivity index (χ0) is 10.6. The molecule has 0 aliphatic rings. The predicted molar refractivity (Wildman–Crippen MR) is 56.6 cm³/mol. The molecular weight excluding hydrogens is 176 g/mol. The minimum atomic E-state index is -0.316. The molecule has 1 amide bonds. The van der Waals surface area contributed by atoms with E-state index in [2.05, 4.69) is 4.98 Å². The van der Waals surface area contributed by atoms with Crippen LogP contribution in [0.5, 0.6) is 0 Å². The molecule has 1 aromatic heterocycles. The Hall–Kier alpha value is -1.64. The van der Waals surface area contributed by atoms with Crippen LogP contribution in [0.3, 0.4) is 0 Å². The van der Waals surface area contributed by atoms with Gasteiger partial charge in [-0.3, -0.25) is 9.78 Å². The van der Waals surface area contributed by atoms with Crippen LogP contribution in [0.15, 0.2) is 18.2 Å². The van der Waals surface area contributed by atoms with Crippen LogP contribution >= 0.6 is 0 Å². The van der Waals surface area contributed by atoms with Crippen molar-refractivity contribution in [2.24, 2.45) is 5.73 Å². The van der Waals surface area contributed by atoms with E-state index in [0.29, 0.717) is 0 Å². The lowest BCUT2D eigenvalue weighted by Crippen LogP contribution is -2.07. The third-order valence-electron chi connectivity index (χ3n) is 1.73. The number of amides is 1. The second kappa shape index (κ2) is 4.56. The van der Waals surface area contributed by atoms with Gasteiger partial charge in [0.05, 0.1) is 0 Å². The first-order chi connectivity index (χ1) is 6.58. The fourth-order valence-electron chi connectivity index (χ4n) is 1.27. The molecule has 0 atom stereocenters. The number of hydrogen-bond donors (Lipinski definition) is 1. The van der Waals surface area contributed by atoms with Gasteiger partial charge >= 0.3 is 0 Å². The van der Waals surface area contributed by atoms with Crippen LogP contribution in [0.4, 0.5) is 0 Å². The normalized spacial score (nSPS) is 10.7. The first kappa shape index (κ1) is 10.4. The minimum absolute atomic E-state index is 0.278. The van der Waals surface area contributed by atoms with Crippen molar-refractivity contribution in [3.05, 3.63) is 35.2 Å². The van der Waals surface area contributed by atoms with Gasteiger partial charge in [0, 0.05) is 17.8 Å². The highest BCUT2D eigenvalue weighted by atomic mass is 16.1. The summed E-state index contributed by atoms with van der Waals surface area (Å²) in [5.74, 6) is -0.316. The van der Waals surface area contributed by atoms with E-state index in [9.17, 15) is 4.79 Å². The van der Waals surface area contributed by atoms with E-state index < -0.39 is 0 Å². The van der Waals surface area contributed by atoms with E-state index in [4.69, 9.17) is 5.73 Å². The van der Waals surface area contributed by atoms with Gasteiger partial charge in [-0.1, -0.05) is 12.2 Å². The van der Waals surface area contributed by atoms with Crippen LogP contribution < -0.4 is 5.73 Å². The Morgan fingerprint density at radius 2 is 2.00 bits per heavy atom. The van der Waals surface area contributed by atoms with Gasteiger partial charge in [-0.05, 0) is 31.5 Å². The minimum Gasteiger partial charge on any atom is -0.369 e. The summed E-state index contributed by atoms with van der Waals surface area (Å²) in [4.78, 5) is 14.7. The molecule has 1 rings (SSSR count). The maximum atomic E-state index is 10.5. The number of nitrogens with zero attached hydrogens (tertiary/aromatic N) is 1. The number of rotatable bonds is 3.